The number of amides is 1. The van der Waals surface area contributed by atoms with Gasteiger partial charge in [-0.05, 0) is 29.6 Å². The Balaban J connectivity index is 1.77. The van der Waals surface area contributed by atoms with Crippen molar-refractivity contribution >= 4 is 40.2 Å². The number of thiophene rings is 1. The second kappa shape index (κ2) is 10.2. The number of hydrogen-bond acceptors (Lipinski definition) is 6. The van der Waals surface area contributed by atoms with Crippen molar-refractivity contribution in [3.05, 3.63) is 85.6 Å². The van der Waals surface area contributed by atoms with Gasteiger partial charge in [0.25, 0.3) is 5.69 Å². The van der Waals surface area contributed by atoms with Gasteiger partial charge in [-0.2, -0.15) is 0 Å². The van der Waals surface area contributed by atoms with Crippen LogP contribution in [-0.2, 0) is 17.9 Å². The van der Waals surface area contributed by atoms with Crippen molar-refractivity contribution in [1.29, 1.82) is 0 Å². The van der Waals surface area contributed by atoms with E-state index in [0.717, 1.165) is 16.2 Å². The summed E-state index contributed by atoms with van der Waals surface area (Å²) in [6, 6.07) is 15.7. The number of nitrogens with one attached hydrogen (secondary N) is 1. The van der Waals surface area contributed by atoms with E-state index < -0.39 is 4.92 Å². The van der Waals surface area contributed by atoms with Crippen molar-refractivity contribution in [3.8, 4) is 5.75 Å². The summed E-state index contributed by atoms with van der Waals surface area (Å²) in [5.74, 6) is 0.384. The van der Waals surface area contributed by atoms with Crippen molar-refractivity contribution < 1.29 is 14.5 Å². The van der Waals surface area contributed by atoms with Crippen molar-refractivity contribution in [3.63, 3.8) is 0 Å². The zero-order valence-electron chi connectivity index (χ0n) is 16.2. The molecule has 156 valence electrons. The third-order valence-corrected chi connectivity index (χ3v) is 5.44. The number of nitrogens with zero attached hydrogens (tertiary/aromatic N) is 2. The number of carbonyl (C=O) groups excluding carboxylic acids is 1. The molecule has 0 radical (unpaired) electrons. The molecule has 1 N–H and O–H groups in total. The lowest BCUT2D eigenvalue weighted by atomic mass is 10.2. The number of nitro groups is 1. The van der Waals surface area contributed by atoms with Crippen LogP contribution in [-0.4, -0.2) is 29.4 Å². The Kier molecular flexibility index (Phi) is 7.40. The third kappa shape index (κ3) is 5.79. The average Bonchev–Trinajstić information content (AvgIpc) is 3.22. The predicted octanol–water partition coefficient (Wildman–Crippen LogP) is 4.96. The van der Waals surface area contributed by atoms with Gasteiger partial charge in [0.15, 0.2) is 0 Å². The lowest BCUT2D eigenvalue weighted by Gasteiger charge is -2.22. The summed E-state index contributed by atoms with van der Waals surface area (Å²) in [6.07, 6.45) is 0. The molecule has 0 aliphatic heterocycles. The first-order valence-electron chi connectivity index (χ1n) is 9.06. The maximum absolute atomic E-state index is 12.7. The summed E-state index contributed by atoms with van der Waals surface area (Å²) < 4.78 is 5.42. The molecule has 0 atom stereocenters. The molecule has 1 amide bonds. The molecule has 9 heteroatoms. The largest absolute Gasteiger partial charge is 0.496 e. The van der Waals surface area contributed by atoms with Gasteiger partial charge in [-0.1, -0.05) is 35.9 Å². The van der Waals surface area contributed by atoms with Crippen LogP contribution in [0.15, 0.2) is 60.0 Å². The summed E-state index contributed by atoms with van der Waals surface area (Å²) in [4.78, 5) is 26.5. The van der Waals surface area contributed by atoms with Crippen molar-refractivity contribution in [2.75, 3.05) is 19.0 Å². The molecule has 7 nitrogen and oxygen atoms in total. The molecule has 0 saturated heterocycles. The molecular weight excluding hydrogens is 426 g/mol. The molecular formula is C21H20ClN3O4S. The van der Waals surface area contributed by atoms with Gasteiger partial charge in [0.1, 0.15) is 11.4 Å². The van der Waals surface area contributed by atoms with Gasteiger partial charge < -0.3 is 10.1 Å². The summed E-state index contributed by atoms with van der Waals surface area (Å²) in [5.41, 5.74) is 0.815. The van der Waals surface area contributed by atoms with E-state index in [1.165, 1.54) is 18.2 Å². The second-order valence-corrected chi connectivity index (χ2v) is 7.97. The van der Waals surface area contributed by atoms with E-state index in [1.54, 1.807) is 18.4 Å². The maximum atomic E-state index is 12.7. The number of benzene rings is 2. The van der Waals surface area contributed by atoms with Crippen LogP contribution in [0.25, 0.3) is 0 Å². The Bertz CT molecular complexity index is 1030. The van der Waals surface area contributed by atoms with E-state index in [0.29, 0.717) is 13.1 Å². The highest BCUT2D eigenvalue weighted by molar-refractivity contribution is 7.09. The number of para-hydroxylation sites is 1. The van der Waals surface area contributed by atoms with Crippen LogP contribution in [0.1, 0.15) is 10.4 Å². The fourth-order valence-electron chi connectivity index (χ4n) is 3.02. The highest BCUT2D eigenvalue weighted by atomic mass is 35.5. The van der Waals surface area contributed by atoms with Crippen LogP contribution >= 0.6 is 22.9 Å². The first-order chi connectivity index (χ1) is 14.5. The SMILES string of the molecule is COc1ccccc1CN(CC(=O)Nc1ccc(Cl)cc1[N+](=O)[O-])Cc1cccs1. The zero-order chi connectivity index (χ0) is 21.5. The smallest absolute Gasteiger partial charge is 0.294 e. The third-order valence-electron chi connectivity index (χ3n) is 4.34. The normalized spacial score (nSPS) is 10.8. The average molecular weight is 446 g/mol. The molecule has 30 heavy (non-hydrogen) atoms. The summed E-state index contributed by atoms with van der Waals surface area (Å²) in [5, 5.41) is 16.1. The predicted molar refractivity (Wildman–Crippen MR) is 118 cm³/mol. The van der Waals surface area contributed by atoms with E-state index in [-0.39, 0.29) is 28.8 Å². The van der Waals surface area contributed by atoms with Crippen LogP contribution < -0.4 is 10.1 Å². The zero-order valence-corrected chi connectivity index (χ0v) is 17.8. The van der Waals surface area contributed by atoms with Gasteiger partial charge >= 0.3 is 0 Å². The number of rotatable bonds is 9. The quantitative estimate of drug-likeness (QED) is 0.371. The summed E-state index contributed by atoms with van der Waals surface area (Å²) in [6.45, 7) is 1.10. The highest BCUT2D eigenvalue weighted by Gasteiger charge is 2.19. The van der Waals surface area contributed by atoms with Gasteiger partial charge in [0.05, 0.1) is 18.6 Å². The number of methoxy groups -OCH3 is 1. The summed E-state index contributed by atoms with van der Waals surface area (Å²) in [7, 11) is 1.61. The topological polar surface area (TPSA) is 84.7 Å². The summed E-state index contributed by atoms with van der Waals surface area (Å²) >= 11 is 7.45. The molecule has 0 fully saturated rings. The lowest BCUT2D eigenvalue weighted by molar-refractivity contribution is -0.383. The maximum Gasteiger partial charge on any atom is 0.294 e. The van der Waals surface area contributed by atoms with E-state index in [2.05, 4.69) is 5.32 Å². The molecule has 0 bridgehead atoms. The molecule has 1 aromatic heterocycles. The minimum absolute atomic E-state index is 0.0513. The van der Waals surface area contributed by atoms with Crippen molar-refractivity contribution in [1.82, 2.24) is 4.90 Å². The molecule has 0 spiro atoms. The molecule has 0 aliphatic rings. The standard InChI is InChI=1S/C21H20ClN3O4S/c1-29-20-7-3-2-5-15(20)12-24(13-17-6-4-10-30-17)14-21(26)23-18-9-8-16(22)11-19(18)25(27)28/h2-11H,12-14H2,1H3,(H,23,26). The van der Waals surface area contributed by atoms with Crippen LogP contribution in [0.4, 0.5) is 11.4 Å². The second-order valence-electron chi connectivity index (χ2n) is 6.50. The first kappa shape index (κ1) is 21.8. The number of hydrogen-bond donors (Lipinski definition) is 1. The minimum atomic E-state index is -0.570. The number of halogens is 1. The van der Waals surface area contributed by atoms with Gasteiger partial charge in [0.2, 0.25) is 5.91 Å². The Morgan fingerprint density at radius 2 is 2.00 bits per heavy atom. The minimum Gasteiger partial charge on any atom is -0.496 e. The number of nitro benzene ring substituents is 1. The van der Waals surface area contributed by atoms with Crippen LogP contribution in [0.2, 0.25) is 5.02 Å². The number of ether oxygens (including phenoxy) is 1. The molecule has 1 heterocycles. The molecule has 2 aromatic carbocycles. The Labute approximate surface area is 183 Å². The molecule has 0 aliphatic carbocycles. The van der Waals surface area contributed by atoms with Crippen LogP contribution in [0, 0.1) is 10.1 Å². The monoisotopic (exact) mass is 445 g/mol. The van der Waals surface area contributed by atoms with Gasteiger partial charge in [-0.3, -0.25) is 19.8 Å². The Morgan fingerprint density at radius 1 is 1.20 bits per heavy atom. The van der Waals surface area contributed by atoms with Crippen LogP contribution in [0.3, 0.4) is 0 Å². The van der Waals surface area contributed by atoms with Gasteiger partial charge in [-0.25, -0.2) is 0 Å². The van der Waals surface area contributed by atoms with Gasteiger partial charge in [0, 0.05) is 34.6 Å². The molecule has 0 unspecified atom stereocenters. The Hall–Kier alpha value is -2.94. The van der Waals surface area contributed by atoms with E-state index in [1.807, 2.05) is 46.7 Å². The number of anilines is 1. The van der Waals surface area contributed by atoms with Gasteiger partial charge in [-0.15, -0.1) is 11.3 Å². The lowest BCUT2D eigenvalue weighted by Crippen LogP contribution is -2.32. The highest BCUT2D eigenvalue weighted by Crippen LogP contribution is 2.28. The fourth-order valence-corrected chi connectivity index (χ4v) is 3.93. The number of carbonyl (C=O) groups is 1. The fraction of sp³-hybridized carbons (Fsp3) is 0.190. The Morgan fingerprint density at radius 3 is 2.70 bits per heavy atom. The first-order valence-corrected chi connectivity index (χ1v) is 10.3. The molecule has 3 rings (SSSR count). The van der Waals surface area contributed by atoms with Crippen LogP contribution in [0.5, 0.6) is 5.75 Å². The molecule has 3 aromatic rings. The van der Waals surface area contributed by atoms with E-state index in [9.17, 15) is 14.9 Å². The molecule has 0 saturated carbocycles. The van der Waals surface area contributed by atoms with Crippen molar-refractivity contribution in [2.24, 2.45) is 0 Å². The van der Waals surface area contributed by atoms with Crippen molar-refractivity contribution in [2.45, 2.75) is 13.1 Å². The van der Waals surface area contributed by atoms with E-state index >= 15 is 0 Å². The van der Waals surface area contributed by atoms with E-state index in [4.69, 9.17) is 16.3 Å².